The second-order valence-electron chi connectivity index (χ2n) is 6.41. The molecule has 4 rings (SSSR count). The van der Waals surface area contributed by atoms with Crippen LogP contribution in [0, 0.1) is 19.3 Å². The first kappa shape index (κ1) is 17.5. The fourth-order valence-corrected chi connectivity index (χ4v) is 3.40. The van der Waals surface area contributed by atoms with Crippen molar-refractivity contribution in [3.05, 3.63) is 63.6 Å². The number of aromatic nitrogens is 4. The first-order valence-corrected chi connectivity index (χ1v) is 8.68. The quantitative estimate of drug-likeness (QED) is 0.677. The number of anilines is 1. The van der Waals surface area contributed by atoms with Gasteiger partial charge in [0.1, 0.15) is 18.2 Å². The predicted octanol–water partition coefficient (Wildman–Crippen LogP) is 1.75. The van der Waals surface area contributed by atoms with Gasteiger partial charge in [-0.3, -0.25) is 9.59 Å². The van der Waals surface area contributed by atoms with Crippen LogP contribution in [0.5, 0.6) is 5.75 Å². The molecule has 8 nitrogen and oxygen atoms in total. The minimum Gasteiger partial charge on any atom is -0.481 e. The Balaban J connectivity index is 1.80. The number of nitrogens with one attached hydrogen (secondary N) is 2. The molecule has 1 aromatic carbocycles. The van der Waals surface area contributed by atoms with E-state index < -0.39 is 0 Å². The van der Waals surface area contributed by atoms with E-state index in [1.54, 1.807) is 6.07 Å². The summed E-state index contributed by atoms with van der Waals surface area (Å²) in [6.07, 6.45) is 5.55. The summed E-state index contributed by atoms with van der Waals surface area (Å²) in [4.78, 5) is 23.7. The summed E-state index contributed by atoms with van der Waals surface area (Å²) in [5.41, 5.74) is 2.29. The number of hydrogen-bond donors (Lipinski definition) is 2. The number of rotatable bonds is 4. The van der Waals surface area contributed by atoms with E-state index in [2.05, 4.69) is 26.5 Å². The van der Waals surface area contributed by atoms with Gasteiger partial charge in [-0.2, -0.15) is 14.9 Å². The monoisotopic (exact) mass is 375 g/mol. The number of carbonyl (C=O) groups excluding carboxylic acids is 1. The molecule has 0 saturated carbocycles. The standard InChI is InChI=1S/C20H17N5O3/c1-3-9-28-14-6-4-5-13(10-14)15-11-18(27)21-20-19(15)12(2)24-25(20)16-7-8-17(26)23-22-16/h1,4-8,10,15H,9,11H2,2H3,(H,21,27)(H,23,26). The summed E-state index contributed by atoms with van der Waals surface area (Å²) in [6.45, 7) is 2.05. The van der Waals surface area contributed by atoms with Crippen molar-refractivity contribution < 1.29 is 9.53 Å². The summed E-state index contributed by atoms with van der Waals surface area (Å²) in [7, 11) is 0. The van der Waals surface area contributed by atoms with Crippen molar-refractivity contribution in [1.29, 1.82) is 0 Å². The molecule has 0 bridgehead atoms. The van der Waals surface area contributed by atoms with E-state index in [1.165, 1.54) is 10.7 Å². The molecule has 3 aromatic rings. The molecular formula is C20H17N5O3. The third kappa shape index (κ3) is 3.14. The minimum atomic E-state index is -0.313. The number of aromatic amines is 1. The number of amides is 1. The molecule has 1 amide bonds. The highest BCUT2D eigenvalue weighted by Gasteiger charge is 2.33. The smallest absolute Gasteiger partial charge is 0.264 e. The Morgan fingerprint density at radius 1 is 1.32 bits per heavy atom. The van der Waals surface area contributed by atoms with Gasteiger partial charge in [0, 0.05) is 24.0 Å². The number of nitrogens with zero attached hydrogens (tertiary/aromatic N) is 3. The number of aryl methyl sites for hydroxylation is 1. The molecule has 2 aromatic heterocycles. The van der Waals surface area contributed by atoms with Gasteiger partial charge in [-0.25, -0.2) is 5.10 Å². The van der Waals surface area contributed by atoms with Gasteiger partial charge in [0.15, 0.2) is 5.82 Å². The Kier molecular flexibility index (Phi) is 4.41. The van der Waals surface area contributed by atoms with Crippen LogP contribution in [-0.2, 0) is 4.79 Å². The lowest BCUT2D eigenvalue weighted by Gasteiger charge is -2.24. The fourth-order valence-electron chi connectivity index (χ4n) is 3.40. The fraction of sp³-hybridized carbons (Fsp3) is 0.200. The summed E-state index contributed by atoms with van der Waals surface area (Å²) in [5, 5.41) is 13.8. The highest BCUT2D eigenvalue weighted by molar-refractivity contribution is 5.95. The number of ether oxygens (including phenoxy) is 1. The third-order valence-electron chi connectivity index (χ3n) is 4.57. The van der Waals surface area contributed by atoms with E-state index in [-0.39, 0.29) is 30.4 Å². The first-order chi connectivity index (χ1) is 13.6. The van der Waals surface area contributed by atoms with Crippen molar-refractivity contribution in [2.24, 2.45) is 0 Å². The van der Waals surface area contributed by atoms with Gasteiger partial charge in [-0.05, 0) is 30.7 Å². The molecule has 0 fully saturated rings. The largest absolute Gasteiger partial charge is 0.481 e. The van der Waals surface area contributed by atoms with Crippen molar-refractivity contribution >= 4 is 11.7 Å². The molecular weight excluding hydrogens is 358 g/mol. The summed E-state index contributed by atoms with van der Waals surface area (Å²) >= 11 is 0. The Bertz CT molecular complexity index is 1130. The van der Waals surface area contributed by atoms with Crippen molar-refractivity contribution in [3.63, 3.8) is 0 Å². The number of terminal acetylenes is 1. The normalized spacial score (nSPS) is 15.4. The van der Waals surface area contributed by atoms with Crippen LogP contribution in [0.3, 0.4) is 0 Å². The first-order valence-electron chi connectivity index (χ1n) is 8.68. The van der Waals surface area contributed by atoms with Gasteiger partial charge in [0.25, 0.3) is 5.56 Å². The Labute approximate surface area is 160 Å². The lowest BCUT2D eigenvalue weighted by atomic mass is 9.86. The van der Waals surface area contributed by atoms with Crippen LogP contribution in [0.1, 0.15) is 29.2 Å². The van der Waals surface area contributed by atoms with Crippen LogP contribution in [-0.4, -0.2) is 32.5 Å². The summed E-state index contributed by atoms with van der Waals surface area (Å²) in [5.74, 6) is 3.74. The van der Waals surface area contributed by atoms with Crippen LogP contribution in [0.4, 0.5) is 5.82 Å². The van der Waals surface area contributed by atoms with Crippen LogP contribution in [0.2, 0.25) is 0 Å². The van der Waals surface area contributed by atoms with Gasteiger partial charge in [-0.1, -0.05) is 18.1 Å². The van der Waals surface area contributed by atoms with E-state index in [9.17, 15) is 9.59 Å². The SMILES string of the molecule is C#CCOc1cccc(C2CC(=O)Nc3c2c(C)nn3-c2ccc(=O)[nH]n2)c1. The van der Waals surface area contributed by atoms with Crippen molar-refractivity contribution in [1.82, 2.24) is 20.0 Å². The zero-order valence-electron chi connectivity index (χ0n) is 15.1. The molecule has 1 aliphatic rings. The van der Waals surface area contributed by atoms with Crippen molar-refractivity contribution in [2.75, 3.05) is 11.9 Å². The number of fused-ring (bicyclic) bond motifs is 1. The van der Waals surface area contributed by atoms with Gasteiger partial charge in [0.2, 0.25) is 5.91 Å². The second-order valence-corrected chi connectivity index (χ2v) is 6.41. The average molecular weight is 375 g/mol. The molecule has 0 aliphatic carbocycles. The second kappa shape index (κ2) is 7.04. The molecule has 2 N–H and O–H groups in total. The van der Waals surface area contributed by atoms with Crippen LogP contribution < -0.4 is 15.6 Å². The molecule has 3 heterocycles. The van der Waals surface area contributed by atoms with Crippen molar-refractivity contribution in [2.45, 2.75) is 19.3 Å². The minimum absolute atomic E-state index is 0.127. The molecule has 8 heteroatoms. The zero-order chi connectivity index (χ0) is 19.7. The number of carbonyl (C=O) groups is 1. The van der Waals surface area contributed by atoms with E-state index >= 15 is 0 Å². The van der Waals surface area contributed by atoms with Crippen LogP contribution >= 0.6 is 0 Å². The van der Waals surface area contributed by atoms with Gasteiger partial charge >= 0.3 is 0 Å². The molecule has 0 saturated heterocycles. The highest BCUT2D eigenvalue weighted by atomic mass is 16.5. The van der Waals surface area contributed by atoms with Gasteiger partial charge in [0.05, 0.1) is 5.69 Å². The summed E-state index contributed by atoms with van der Waals surface area (Å²) in [6, 6.07) is 10.4. The molecule has 140 valence electrons. The van der Waals surface area contributed by atoms with E-state index in [1.807, 2.05) is 31.2 Å². The lowest BCUT2D eigenvalue weighted by Crippen LogP contribution is -2.25. The van der Waals surface area contributed by atoms with Gasteiger partial charge in [-0.15, -0.1) is 6.42 Å². The molecule has 28 heavy (non-hydrogen) atoms. The topological polar surface area (TPSA) is 102 Å². The third-order valence-corrected chi connectivity index (χ3v) is 4.57. The molecule has 0 radical (unpaired) electrons. The molecule has 1 unspecified atom stereocenters. The average Bonchev–Trinajstić information content (AvgIpc) is 3.03. The molecule has 1 atom stereocenters. The van der Waals surface area contributed by atoms with Crippen LogP contribution in [0.15, 0.2) is 41.2 Å². The number of H-pyrrole nitrogens is 1. The number of hydrogen-bond acceptors (Lipinski definition) is 5. The maximum Gasteiger partial charge on any atom is 0.264 e. The predicted molar refractivity (Wildman–Crippen MR) is 103 cm³/mol. The highest BCUT2D eigenvalue weighted by Crippen LogP contribution is 2.40. The van der Waals surface area contributed by atoms with Crippen LogP contribution in [0.25, 0.3) is 5.82 Å². The Hall–Kier alpha value is -3.86. The molecule has 0 spiro atoms. The van der Waals surface area contributed by atoms with E-state index in [0.29, 0.717) is 17.4 Å². The maximum atomic E-state index is 12.4. The lowest BCUT2D eigenvalue weighted by molar-refractivity contribution is -0.116. The number of benzene rings is 1. The summed E-state index contributed by atoms with van der Waals surface area (Å²) < 4.78 is 7.05. The Morgan fingerprint density at radius 2 is 2.18 bits per heavy atom. The van der Waals surface area contributed by atoms with E-state index in [4.69, 9.17) is 11.2 Å². The Morgan fingerprint density at radius 3 is 2.93 bits per heavy atom. The van der Waals surface area contributed by atoms with E-state index in [0.717, 1.165) is 16.8 Å². The maximum absolute atomic E-state index is 12.4. The van der Waals surface area contributed by atoms with Gasteiger partial charge < -0.3 is 10.1 Å². The molecule has 1 aliphatic heterocycles. The zero-order valence-corrected chi connectivity index (χ0v) is 15.1. The van der Waals surface area contributed by atoms with Crippen molar-refractivity contribution in [3.8, 4) is 23.9 Å².